The van der Waals surface area contributed by atoms with Crippen molar-refractivity contribution in [1.29, 1.82) is 0 Å². The molecule has 1 unspecified atom stereocenters. The molecule has 5 nitrogen and oxygen atoms in total. The van der Waals surface area contributed by atoms with E-state index in [0.29, 0.717) is 18.1 Å². The van der Waals surface area contributed by atoms with Crippen molar-refractivity contribution >= 4 is 11.9 Å². The molecule has 0 saturated heterocycles. The van der Waals surface area contributed by atoms with Crippen LogP contribution in [0, 0.1) is 5.92 Å². The number of rotatable bonds is 6. The van der Waals surface area contributed by atoms with Gasteiger partial charge in [0.05, 0.1) is 0 Å². The summed E-state index contributed by atoms with van der Waals surface area (Å²) in [6.45, 7) is 7.83. The second-order valence-corrected chi connectivity index (χ2v) is 4.84. The SMILES string of the molecule is CCc1oc(C(=O)NC(CC)C(C)C)cc1C(=O)O. The summed E-state index contributed by atoms with van der Waals surface area (Å²) in [7, 11) is 0. The van der Waals surface area contributed by atoms with Crippen LogP contribution in [0.15, 0.2) is 10.5 Å². The maximum absolute atomic E-state index is 12.0. The first kappa shape index (κ1) is 15.3. The third kappa shape index (κ3) is 3.59. The third-order valence-electron chi connectivity index (χ3n) is 3.15. The van der Waals surface area contributed by atoms with Crippen molar-refractivity contribution < 1.29 is 19.1 Å². The molecule has 0 radical (unpaired) electrons. The Labute approximate surface area is 113 Å². The minimum Gasteiger partial charge on any atom is -0.478 e. The van der Waals surface area contributed by atoms with Crippen molar-refractivity contribution in [2.45, 2.75) is 46.6 Å². The molecule has 1 aromatic rings. The van der Waals surface area contributed by atoms with Gasteiger partial charge in [0, 0.05) is 18.5 Å². The number of hydrogen-bond donors (Lipinski definition) is 2. The fraction of sp³-hybridized carbons (Fsp3) is 0.571. The van der Waals surface area contributed by atoms with E-state index in [1.165, 1.54) is 6.07 Å². The van der Waals surface area contributed by atoms with E-state index in [9.17, 15) is 9.59 Å². The molecule has 0 bridgehead atoms. The van der Waals surface area contributed by atoms with E-state index in [1.807, 2.05) is 20.8 Å². The molecule has 0 spiro atoms. The molecule has 19 heavy (non-hydrogen) atoms. The zero-order chi connectivity index (χ0) is 14.6. The van der Waals surface area contributed by atoms with Gasteiger partial charge in [0.25, 0.3) is 5.91 Å². The highest BCUT2D eigenvalue weighted by molar-refractivity contribution is 5.96. The molecule has 1 rings (SSSR count). The molecule has 0 aliphatic rings. The van der Waals surface area contributed by atoms with E-state index in [1.54, 1.807) is 6.92 Å². The third-order valence-corrected chi connectivity index (χ3v) is 3.15. The van der Waals surface area contributed by atoms with Crippen LogP contribution >= 0.6 is 0 Å². The van der Waals surface area contributed by atoms with Gasteiger partial charge in [0.1, 0.15) is 11.3 Å². The van der Waals surface area contributed by atoms with Crippen molar-refractivity contribution in [3.8, 4) is 0 Å². The number of nitrogens with one attached hydrogen (secondary N) is 1. The summed E-state index contributed by atoms with van der Waals surface area (Å²) >= 11 is 0. The minimum atomic E-state index is -1.07. The second kappa shape index (κ2) is 6.41. The molecular weight excluding hydrogens is 246 g/mol. The zero-order valence-corrected chi connectivity index (χ0v) is 11.8. The van der Waals surface area contributed by atoms with Gasteiger partial charge in [-0.05, 0) is 12.3 Å². The Balaban J connectivity index is 2.91. The first-order valence-electron chi connectivity index (χ1n) is 6.57. The van der Waals surface area contributed by atoms with E-state index in [4.69, 9.17) is 9.52 Å². The highest BCUT2D eigenvalue weighted by atomic mass is 16.4. The van der Waals surface area contributed by atoms with Crippen molar-refractivity contribution in [3.63, 3.8) is 0 Å². The molecular formula is C14H21NO4. The minimum absolute atomic E-state index is 0.0518. The normalized spacial score (nSPS) is 12.5. The maximum atomic E-state index is 12.0. The van der Waals surface area contributed by atoms with Gasteiger partial charge in [0.2, 0.25) is 0 Å². The highest BCUT2D eigenvalue weighted by Gasteiger charge is 2.22. The Morgan fingerprint density at radius 2 is 2.00 bits per heavy atom. The number of hydrogen-bond acceptors (Lipinski definition) is 3. The lowest BCUT2D eigenvalue weighted by Crippen LogP contribution is -2.37. The van der Waals surface area contributed by atoms with Crippen molar-refractivity contribution in [2.24, 2.45) is 5.92 Å². The maximum Gasteiger partial charge on any atom is 0.339 e. The number of amides is 1. The van der Waals surface area contributed by atoms with Gasteiger partial charge in [-0.1, -0.05) is 27.7 Å². The summed E-state index contributed by atoms with van der Waals surface area (Å²) in [5.41, 5.74) is 0.0604. The van der Waals surface area contributed by atoms with E-state index in [0.717, 1.165) is 6.42 Å². The zero-order valence-electron chi connectivity index (χ0n) is 11.8. The molecule has 0 aliphatic carbocycles. The number of aryl methyl sites for hydroxylation is 1. The standard InChI is InChI=1S/C14H21NO4/c1-5-10(8(3)4)15-13(16)12-7-9(14(17)18)11(6-2)19-12/h7-8,10H,5-6H2,1-4H3,(H,15,16)(H,17,18). The van der Waals surface area contributed by atoms with Gasteiger partial charge in [-0.2, -0.15) is 0 Å². The molecule has 1 amide bonds. The van der Waals surface area contributed by atoms with Crippen LogP contribution in [-0.4, -0.2) is 23.0 Å². The summed E-state index contributed by atoms with van der Waals surface area (Å²) < 4.78 is 5.32. The lowest BCUT2D eigenvalue weighted by atomic mass is 10.0. The molecule has 0 aromatic carbocycles. The predicted molar refractivity (Wildman–Crippen MR) is 71.4 cm³/mol. The molecule has 0 fully saturated rings. The molecule has 1 heterocycles. The Morgan fingerprint density at radius 1 is 1.37 bits per heavy atom. The average molecular weight is 267 g/mol. The van der Waals surface area contributed by atoms with Crippen LogP contribution in [0.1, 0.15) is 60.8 Å². The van der Waals surface area contributed by atoms with E-state index in [-0.39, 0.29) is 23.3 Å². The Kier molecular flexibility index (Phi) is 5.15. The van der Waals surface area contributed by atoms with Crippen LogP contribution in [0.3, 0.4) is 0 Å². The highest BCUT2D eigenvalue weighted by Crippen LogP contribution is 2.17. The number of carboxylic acids is 1. The van der Waals surface area contributed by atoms with Crippen LogP contribution in [0.2, 0.25) is 0 Å². The first-order valence-corrected chi connectivity index (χ1v) is 6.57. The van der Waals surface area contributed by atoms with Crippen LogP contribution < -0.4 is 5.32 Å². The fourth-order valence-electron chi connectivity index (χ4n) is 1.96. The number of carbonyl (C=O) groups excluding carboxylic acids is 1. The van der Waals surface area contributed by atoms with Gasteiger partial charge in [-0.3, -0.25) is 4.79 Å². The summed E-state index contributed by atoms with van der Waals surface area (Å²) in [5, 5.41) is 11.9. The lowest BCUT2D eigenvalue weighted by Gasteiger charge is -2.19. The first-order chi connectivity index (χ1) is 8.90. The summed E-state index contributed by atoms with van der Waals surface area (Å²) in [6.07, 6.45) is 1.26. The molecule has 0 saturated carbocycles. The molecule has 2 N–H and O–H groups in total. The molecule has 0 aliphatic heterocycles. The van der Waals surface area contributed by atoms with Crippen LogP contribution in [-0.2, 0) is 6.42 Å². The largest absolute Gasteiger partial charge is 0.478 e. The van der Waals surface area contributed by atoms with Gasteiger partial charge in [0.15, 0.2) is 5.76 Å². The monoisotopic (exact) mass is 267 g/mol. The van der Waals surface area contributed by atoms with Crippen LogP contribution in [0.25, 0.3) is 0 Å². The van der Waals surface area contributed by atoms with Crippen molar-refractivity contribution in [2.75, 3.05) is 0 Å². The number of aromatic carboxylic acids is 1. The van der Waals surface area contributed by atoms with Gasteiger partial charge >= 0.3 is 5.97 Å². The van der Waals surface area contributed by atoms with E-state index in [2.05, 4.69) is 5.32 Å². The topological polar surface area (TPSA) is 79.5 Å². The van der Waals surface area contributed by atoms with Gasteiger partial charge < -0.3 is 14.8 Å². The number of furan rings is 1. The molecule has 5 heteroatoms. The summed E-state index contributed by atoms with van der Waals surface area (Å²) in [5.74, 6) is -0.726. The Bertz CT molecular complexity index is 462. The number of carbonyl (C=O) groups is 2. The smallest absolute Gasteiger partial charge is 0.339 e. The fourth-order valence-corrected chi connectivity index (χ4v) is 1.96. The van der Waals surface area contributed by atoms with Crippen LogP contribution in [0.4, 0.5) is 0 Å². The molecule has 106 valence electrons. The average Bonchev–Trinajstić information content (AvgIpc) is 2.79. The number of carboxylic acid groups (broad SMARTS) is 1. The van der Waals surface area contributed by atoms with E-state index < -0.39 is 5.97 Å². The quantitative estimate of drug-likeness (QED) is 0.830. The van der Waals surface area contributed by atoms with Gasteiger partial charge in [-0.25, -0.2) is 4.79 Å². The Morgan fingerprint density at radius 3 is 2.37 bits per heavy atom. The van der Waals surface area contributed by atoms with Gasteiger partial charge in [-0.15, -0.1) is 0 Å². The summed E-state index contributed by atoms with van der Waals surface area (Å²) in [4.78, 5) is 23.0. The second-order valence-electron chi connectivity index (χ2n) is 4.84. The molecule has 1 aromatic heterocycles. The van der Waals surface area contributed by atoms with E-state index >= 15 is 0 Å². The van der Waals surface area contributed by atoms with Crippen molar-refractivity contribution in [3.05, 3.63) is 23.2 Å². The molecule has 1 atom stereocenters. The summed E-state index contributed by atoms with van der Waals surface area (Å²) in [6, 6.07) is 1.35. The van der Waals surface area contributed by atoms with Crippen LogP contribution in [0.5, 0.6) is 0 Å². The lowest BCUT2D eigenvalue weighted by molar-refractivity contribution is 0.0694. The predicted octanol–water partition coefficient (Wildman–Crippen LogP) is 2.70. The van der Waals surface area contributed by atoms with Crippen molar-refractivity contribution in [1.82, 2.24) is 5.32 Å². The Hall–Kier alpha value is -1.78.